The molecule has 0 radical (unpaired) electrons. The van der Waals surface area contributed by atoms with E-state index in [4.69, 9.17) is 4.74 Å². The Labute approximate surface area is 156 Å². The van der Waals surface area contributed by atoms with E-state index in [-0.39, 0.29) is 42.1 Å². The number of hydrogen-bond acceptors (Lipinski definition) is 5. The third-order valence-electron chi connectivity index (χ3n) is 5.86. The van der Waals surface area contributed by atoms with E-state index in [1.807, 2.05) is 0 Å². The number of nitrogens with zero attached hydrogens (tertiary/aromatic N) is 1. The summed E-state index contributed by atoms with van der Waals surface area (Å²) in [4.78, 5) is 50.2. The second-order valence-corrected chi connectivity index (χ2v) is 7.77. The zero-order chi connectivity index (χ0) is 19.0. The maximum absolute atomic E-state index is 12.9. The predicted octanol–water partition coefficient (Wildman–Crippen LogP) is -0.573. The van der Waals surface area contributed by atoms with Crippen LogP contribution in [0.25, 0.3) is 0 Å². The number of imide groups is 1. The third-order valence-corrected chi connectivity index (χ3v) is 5.86. The summed E-state index contributed by atoms with van der Waals surface area (Å²) in [6, 6.07) is -0.667. The van der Waals surface area contributed by atoms with Crippen LogP contribution in [0.15, 0.2) is 12.2 Å². The fraction of sp³-hybridized carbons (Fsp3) is 0.667. The minimum absolute atomic E-state index is 0.0711. The van der Waals surface area contributed by atoms with Crippen molar-refractivity contribution in [2.75, 3.05) is 19.8 Å². The fourth-order valence-electron chi connectivity index (χ4n) is 4.36. The first-order valence-corrected chi connectivity index (χ1v) is 9.43. The fourth-order valence-corrected chi connectivity index (χ4v) is 4.36. The van der Waals surface area contributed by atoms with Gasteiger partial charge in [0, 0.05) is 24.9 Å². The van der Waals surface area contributed by atoms with Gasteiger partial charge >= 0.3 is 6.03 Å². The van der Waals surface area contributed by atoms with E-state index < -0.39 is 11.6 Å². The van der Waals surface area contributed by atoms with E-state index >= 15 is 0 Å². The molecule has 5 amide bonds. The van der Waals surface area contributed by atoms with E-state index in [1.54, 1.807) is 4.90 Å². The summed E-state index contributed by atoms with van der Waals surface area (Å²) in [6.07, 6.45) is 6.59. The molecule has 1 saturated carbocycles. The van der Waals surface area contributed by atoms with Crippen molar-refractivity contribution in [1.29, 1.82) is 0 Å². The summed E-state index contributed by atoms with van der Waals surface area (Å²) in [5.41, 5.74) is -0.938. The molecule has 9 nitrogen and oxygen atoms in total. The van der Waals surface area contributed by atoms with Gasteiger partial charge < -0.3 is 20.3 Å². The topological polar surface area (TPSA) is 117 Å². The molecule has 2 aliphatic heterocycles. The molecule has 9 heteroatoms. The molecule has 0 aromatic rings. The highest BCUT2D eigenvalue weighted by Gasteiger charge is 2.58. The number of morpholine rings is 1. The van der Waals surface area contributed by atoms with Crippen LogP contribution in [0.2, 0.25) is 0 Å². The van der Waals surface area contributed by atoms with Gasteiger partial charge in [0.1, 0.15) is 5.54 Å². The Hall–Kier alpha value is -2.42. The normalized spacial score (nSPS) is 33.0. The standard InChI is InChI=1S/C18H24N4O5/c23-14(19-12-3-1-2-4-12)7-13-10-27-6-5-22(13)15(24)11-8-18(9-11)16(25)20-17(26)21-18/h1-2,11-13H,3-10H2,(H,19,23)(H2,20,21,25,26)/t11?,13-,18?/m1/s1. The van der Waals surface area contributed by atoms with Gasteiger partial charge in [-0.3, -0.25) is 19.7 Å². The number of urea groups is 1. The molecule has 0 aromatic heterocycles. The highest BCUT2D eigenvalue weighted by atomic mass is 16.5. The number of nitrogens with one attached hydrogen (secondary N) is 3. The zero-order valence-corrected chi connectivity index (χ0v) is 15.0. The molecule has 2 aliphatic carbocycles. The lowest BCUT2D eigenvalue weighted by Gasteiger charge is -2.45. The van der Waals surface area contributed by atoms with Crippen molar-refractivity contribution in [1.82, 2.24) is 20.9 Å². The minimum atomic E-state index is -0.938. The first kappa shape index (κ1) is 18.0. The van der Waals surface area contributed by atoms with Gasteiger partial charge in [-0.2, -0.15) is 0 Å². The number of carbonyl (C=O) groups is 4. The molecule has 1 atom stereocenters. The molecule has 0 aromatic carbocycles. The van der Waals surface area contributed by atoms with Crippen molar-refractivity contribution < 1.29 is 23.9 Å². The predicted molar refractivity (Wildman–Crippen MR) is 93.4 cm³/mol. The number of carbonyl (C=O) groups excluding carboxylic acids is 4. The number of rotatable bonds is 4. The molecule has 3 fully saturated rings. The van der Waals surface area contributed by atoms with Crippen molar-refractivity contribution in [3.8, 4) is 0 Å². The Bertz CT molecular complexity index is 692. The van der Waals surface area contributed by atoms with Gasteiger partial charge in [0.25, 0.3) is 5.91 Å². The van der Waals surface area contributed by atoms with E-state index in [9.17, 15) is 19.2 Å². The number of amides is 5. The van der Waals surface area contributed by atoms with Crippen molar-refractivity contribution >= 4 is 23.8 Å². The minimum Gasteiger partial charge on any atom is -0.377 e. The zero-order valence-electron chi connectivity index (χ0n) is 15.0. The molecule has 1 spiro atoms. The van der Waals surface area contributed by atoms with Gasteiger partial charge in [0.15, 0.2) is 0 Å². The lowest BCUT2D eigenvalue weighted by Crippen LogP contribution is -2.62. The van der Waals surface area contributed by atoms with Crippen molar-refractivity contribution in [3.05, 3.63) is 12.2 Å². The molecule has 3 N–H and O–H groups in total. The first-order chi connectivity index (χ1) is 13.0. The van der Waals surface area contributed by atoms with Crippen LogP contribution in [0, 0.1) is 5.92 Å². The highest BCUT2D eigenvalue weighted by molar-refractivity contribution is 6.08. The smallest absolute Gasteiger partial charge is 0.322 e. The van der Waals surface area contributed by atoms with Crippen molar-refractivity contribution in [2.24, 2.45) is 5.92 Å². The number of ether oxygens (including phenoxy) is 1. The Morgan fingerprint density at radius 1 is 1.26 bits per heavy atom. The monoisotopic (exact) mass is 376 g/mol. The summed E-state index contributed by atoms with van der Waals surface area (Å²) >= 11 is 0. The Morgan fingerprint density at radius 2 is 2.00 bits per heavy atom. The molecular weight excluding hydrogens is 352 g/mol. The van der Waals surface area contributed by atoms with Gasteiger partial charge in [-0.1, -0.05) is 12.2 Å². The van der Waals surface area contributed by atoms with Crippen LogP contribution in [0.5, 0.6) is 0 Å². The quantitative estimate of drug-likeness (QED) is 0.449. The lowest BCUT2D eigenvalue weighted by atomic mass is 9.67. The Kier molecular flexibility index (Phi) is 4.63. The molecule has 146 valence electrons. The highest BCUT2D eigenvalue weighted by Crippen LogP contribution is 2.41. The summed E-state index contributed by atoms with van der Waals surface area (Å²) in [5, 5.41) is 7.85. The molecule has 2 saturated heterocycles. The van der Waals surface area contributed by atoms with Crippen LogP contribution in [0.1, 0.15) is 32.1 Å². The average Bonchev–Trinajstić information content (AvgIpc) is 3.20. The maximum atomic E-state index is 12.9. The van der Waals surface area contributed by atoms with Gasteiger partial charge in [-0.25, -0.2) is 4.79 Å². The number of hydrogen-bond donors (Lipinski definition) is 3. The van der Waals surface area contributed by atoms with Crippen LogP contribution in [-0.2, 0) is 19.1 Å². The van der Waals surface area contributed by atoms with E-state index in [2.05, 4.69) is 28.1 Å². The van der Waals surface area contributed by atoms with E-state index in [1.165, 1.54) is 0 Å². The molecule has 27 heavy (non-hydrogen) atoms. The van der Waals surface area contributed by atoms with Gasteiger partial charge in [-0.15, -0.1) is 0 Å². The van der Waals surface area contributed by atoms with Crippen molar-refractivity contribution in [2.45, 2.75) is 49.7 Å². The molecule has 4 rings (SSSR count). The summed E-state index contributed by atoms with van der Waals surface area (Å²) in [5.74, 6) is -0.834. The van der Waals surface area contributed by atoms with Crippen LogP contribution >= 0.6 is 0 Å². The Morgan fingerprint density at radius 3 is 2.67 bits per heavy atom. The largest absolute Gasteiger partial charge is 0.377 e. The van der Waals surface area contributed by atoms with Crippen LogP contribution in [0.4, 0.5) is 4.79 Å². The molecule has 0 bridgehead atoms. The first-order valence-electron chi connectivity index (χ1n) is 9.43. The molecule has 2 heterocycles. The van der Waals surface area contributed by atoms with Gasteiger partial charge in [-0.05, 0) is 25.7 Å². The second-order valence-electron chi connectivity index (χ2n) is 7.77. The van der Waals surface area contributed by atoms with Crippen molar-refractivity contribution in [3.63, 3.8) is 0 Å². The van der Waals surface area contributed by atoms with Crippen LogP contribution < -0.4 is 16.0 Å². The van der Waals surface area contributed by atoms with E-state index in [0.717, 1.165) is 12.8 Å². The summed E-state index contributed by atoms with van der Waals surface area (Å²) in [6.45, 7) is 1.20. The third kappa shape index (κ3) is 3.43. The van der Waals surface area contributed by atoms with Crippen LogP contribution in [0.3, 0.4) is 0 Å². The average molecular weight is 376 g/mol. The Balaban J connectivity index is 1.33. The lowest BCUT2D eigenvalue weighted by molar-refractivity contribution is -0.152. The summed E-state index contributed by atoms with van der Waals surface area (Å²) in [7, 11) is 0. The van der Waals surface area contributed by atoms with Gasteiger partial charge in [0.2, 0.25) is 11.8 Å². The molecule has 4 aliphatic rings. The van der Waals surface area contributed by atoms with E-state index in [0.29, 0.717) is 32.6 Å². The van der Waals surface area contributed by atoms with Crippen LogP contribution in [-0.4, -0.2) is 66.0 Å². The maximum Gasteiger partial charge on any atom is 0.322 e. The second kappa shape index (κ2) is 6.95. The molecular formula is C18H24N4O5. The molecule has 0 unspecified atom stereocenters. The van der Waals surface area contributed by atoms with Gasteiger partial charge in [0.05, 0.1) is 19.3 Å². The summed E-state index contributed by atoms with van der Waals surface area (Å²) < 4.78 is 5.48. The SMILES string of the molecule is O=C(C[C@@H]1COCCN1C(=O)C1CC2(C1)NC(=O)NC2=O)NC1CC=CC1.